The van der Waals surface area contributed by atoms with Crippen molar-refractivity contribution in [3.05, 3.63) is 170 Å². The van der Waals surface area contributed by atoms with Crippen LogP contribution in [0.25, 0.3) is 99.2 Å². The molecule has 7 aromatic carbocycles. The first kappa shape index (κ1) is 28.6. The van der Waals surface area contributed by atoms with Crippen LogP contribution in [0.3, 0.4) is 0 Å². The molecule has 4 heterocycles. The lowest BCUT2D eigenvalue weighted by Crippen LogP contribution is -2.01. The molecule has 52 heavy (non-hydrogen) atoms. The Hall–Kier alpha value is -7.18. The summed E-state index contributed by atoms with van der Waals surface area (Å²) < 4.78 is 4.66. The van der Waals surface area contributed by atoms with E-state index >= 15 is 0 Å². The van der Waals surface area contributed by atoms with Crippen LogP contribution < -0.4 is 0 Å². The van der Waals surface area contributed by atoms with Crippen molar-refractivity contribution in [3.63, 3.8) is 0 Å². The van der Waals surface area contributed by atoms with E-state index in [2.05, 4.69) is 158 Å². The van der Waals surface area contributed by atoms with Crippen molar-refractivity contribution in [2.45, 2.75) is 0 Å². The van der Waals surface area contributed by atoms with Gasteiger partial charge in [-0.2, -0.15) is 0 Å². The van der Waals surface area contributed by atoms with Crippen LogP contribution in [0.4, 0.5) is 0 Å². The van der Waals surface area contributed by atoms with Crippen LogP contribution >= 0.6 is 0 Å². The molecule has 0 bridgehead atoms. The summed E-state index contributed by atoms with van der Waals surface area (Å²) in [6.07, 6.45) is 5.28. The maximum atomic E-state index is 4.82. The van der Waals surface area contributed by atoms with Gasteiger partial charge in [-0.05, 0) is 64.4 Å². The summed E-state index contributed by atoms with van der Waals surface area (Å²) in [6, 6.07) is 54.1. The van der Waals surface area contributed by atoms with Crippen LogP contribution in [0, 0.1) is 0 Å². The molecule has 6 heteroatoms. The van der Waals surface area contributed by atoms with Gasteiger partial charge in [0.05, 0.1) is 39.5 Å². The van der Waals surface area contributed by atoms with Crippen molar-refractivity contribution in [1.29, 1.82) is 0 Å². The van der Waals surface area contributed by atoms with E-state index in [4.69, 9.17) is 5.10 Å². The third kappa shape index (κ3) is 4.31. The molecule has 0 atom stereocenters. The SMILES string of the molecule is c1ccc(-c2ccc3c4ccc(-n5c6cc(-c7cnccn7)ccc6c6c7ccccc7ccc65)cc4n(-c4cc5ccccc5nn4)c3c2)cc1. The van der Waals surface area contributed by atoms with Gasteiger partial charge in [0.15, 0.2) is 5.82 Å². The zero-order chi connectivity index (χ0) is 34.2. The highest BCUT2D eigenvalue weighted by atomic mass is 15.2. The minimum atomic E-state index is 0.777. The highest BCUT2D eigenvalue weighted by Gasteiger charge is 2.20. The molecule has 0 aliphatic heterocycles. The van der Waals surface area contributed by atoms with Gasteiger partial charge in [-0.1, -0.05) is 109 Å². The average Bonchev–Trinajstić information content (AvgIpc) is 3.73. The van der Waals surface area contributed by atoms with Gasteiger partial charge in [-0.15, -0.1) is 10.2 Å². The zero-order valence-electron chi connectivity index (χ0n) is 27.8. The average molecular weight is 665 g/mol. The summed E-state index contributed by atoms with van der Waals surface area (Å²) in [4.78, 5) is 9.00. The summed E-state index contributed by atoms with van der Waals surface area (Å²) in [6.45, 7) is 0. The molecular formula is C46H28N6. The second-order valence-electron chi connectivity index (χ2n) is 13.2. The Morgan fingerprint density at radius 1 is 0.423 bits per heavy atom. The van der Waals surface area contributed by atoms with Gasteiger partial charge >= 0.3 is 0 Å². The first-order valence-corrected chi connectivity index (χ1v) is 17.4. The second-order valence-corrected chi connectivity index (χ2v) is 13.2. The summed E-state index contributed by atoms with van der Waals surface area (Å²) in [5, 5.41) is 17.7. The highest BCUT2D eigenvalue weighted by molar-refractivity contribution is 6.22. The summed E-state index contributed by atoms with van der Waals surface area (Å²) in [5.41, 5.74) is 10.5. The lowest BCUT2D eigenvalue weighted by molar-refractivity contribution is 0.980. The first-order chi connectivity index (χ1) is 25.8. The molecule has 0 amide bonds. The number of benzene rings is 7. The molecule has 0 spiro atoms. The fourth-order valence-corrected chi connectivity index (χ4v) is 7.96. The van der Waals surface area contributed by atoms with Crippen LogP contribution in [0.1, 0.15) is 0 Å². The molecule has 0 aliphatic carbocycles. The van der Waals surface area contributed by atoms with E-state index in [1.165, 1.54) is 27.1 Å². The smallest absolute Gasteiger partial charge is 0.160 e. The Labute approximate surface area is 297 Å². The molecule has 4 aromatic heterocycles. The number of hydrogen-bond acceptors (Lipinski definition) is 4. The lowest BCUT2D eigenvalue weighted by Gasteiger charge is -2.12. The Balaban J connectivity index is 1.23. The van der Waals surface area contributed by atoms with Crippen LogP contribution in [0.15, 0.2) is 170 Å². The van der Waals surface area contributed by atoms with Crippen LogP contribution in [-0.2, 0) is 0 Å². The Morgan fingerprint density at radius 2 is 1.15 bits per heavy atom. The van der Waals surface area contributed by atoms with Crippen LogP contribution in [-0.4, -0.2) is 29.3 Å². The van der Waals surface area contributed by atoms with Gasteiger partial charge in [0, 0.05) is 50.6 Å². The van der Waals surface area contributed by atoms with Gasteiger partial charge in [0.2, 0.25) is 0 Å². The van der Waals surface area contributed by atoms with Gasteiger partial charge in [0.1, 0.15) is 0 Å². The van der Waals surface area contributed by atoms with Crippen LogP contribution in [0.5, 0.6) is 0 Å². The minimum Gasteiger partial charge on any atom is -0.309 e. The molecule has 242 valence electrons. The van der Waals surface area contributed by atoms with Crippen molar-refractivity contribution in [2.24, 2.45) is 0 Å². The van der Waals surface area contributed by atoms with Crippen molar-refractivity contribution in [3.8, 4) is 33.9 Å². The number of rotatable bonds is 4. The topological polar surface area (TPSA) is 61.4 Å². The third-order valence-corrected chi connectivity index (χ3v) is 10.3. The van der Waals surface area contributed by atoms with E-state index in [-0.39, 0.29) is 0 Å². The molecule has 6 nitrogen and oxygen atoms in total. The molecule has 0 radical (unpaired) electrons. The molecule has 0 saturated carbocycles. The minimum absolute atomic E-state index is 0.777. The van der Waals surface area contributed by atoms with E-state index in [1.807, 2.05) is 24.4 Å². The predicted molar refractivity (Wildman–Crippen MR) is 212 cm³/mol. The van der Waals surface area contributed by atoms with Crippen molar-refractivity contribution < 1.29 is 0 Å². The quantitative estimate of drug-likeness (QED) is 0.188. The van der Waals surface area contributed by atoms with Gasteiger partial charge in [-0.3, -0.25) is 14.5 Å². The first-order valence-electron chi connectivity index (χ1n) is 17.4. The maximum absolute atomic E-state index is 4.82. The number of nitrogens with zero attached hydrogens (tertiary/aromatic N) is 6. The molecule has 0 fully saturated rings. The highest BCUT2D eigenvalue weighted by Crippen LogP contribution is 2.41. The fourth-order valence-electron chi connectivity index (χ4n) is 7.96. The standard InChI is InChI=1S/C46H28N6/c1-2-8-29(9-3-1)31-14-18-36-37-20-17-34(27-44(37)52(42(36)24-31)45-26-32-11-5-7-13-39(32)49-50-45)51-41-21-16-30-10-4-6-12-35(30)46(41)38-19-15-33(25-43(38)51)40-28-47-22-23-48-40/h1-28H. The van der Waals surface area contributed by atoms with E-state index < -0.39 is 0 Å². The largest absolute Gasteiger partial charge is 0.309 e. The van der Waals surface area contributed by atoms with Gasteiger partial charge < -0.3 is 4.57 Å². The molecule has 0 saturated heterocycles. The fraction of sp³-hybridized carbons (Fsp3) is 0. The Kier molecular flexibility index (Phi) is 6.15. The summed E-state index contributed by atoms with van der Waals surface area (Å²) >= 11 is 0. The zero-order valence-corrected chi connectivity index (χ0v) is 27.8. The normalized spacial score (nSPS) is 11.8. The molecule has 11 rings (SSSR count). The lowest BCUT2D eigenvalue weighted by atomic mass is 10.0. The van der Waals surface area contributed by atoms with E-state index in [9.17, 15) is 0 Å². The van der Waals surface area contributed by atoms with E-state index in [0.717, 1.165) is 72.1 Å². The number of aromatic nitrogens is 6. The Morgan fingerprint density at radius 3 is 2.04 bits per heavy atom. The second kappa shape index (κ2) is 11.2. The maximum Gasteiger partial charge on any atom is 0.160 e. The van der Waals surface area contributed by atoms with Gasteiger partial charge in [0.25, 0.3) is 0 Å². The predicted octanol–water partition coefficient (Wildman–Crippen LogP) is 11.1. The monoisotopic (exact) mass is 664 g/mol. The Bertz CT molecular complexity index is 3180. The molecule has 0 aliphatic rings. The number of hydrogen-bond donors (Lipinski definition) is 0. The molecular weight excluding hydrogens is 637 g/mol. The van der Waals surface area contributed by atoms with Crippen molar-refractivity contribution >= 4 is 65.3 Å². The summed E-state index contributed by atoms with van der Waals surface area (Å²) in [5.74, 6) is 0.777. The molecule has 0 N–H and O–H groups in total. The van der Waals surface area contributed by atoms with Crippen molar-refractivity contribution in [2.75, 3.05) is 0 Å². The van der Waals surface area contributed by atoms with Gasteiger partial charge in [-0.25, -0.2) is 0 Å². The van der Waals surface area contributed by atoms with Crippen molar-refractivity contribution in [1.82, 2.24) is 29.3 Å². The summed E-state index contributed by atoms with van der Waals surface area (Å²) in [7, 11) is 0. The molecule has 0 unspecified atom stereocenters. The molecule has 11 aromatic rings. The van der Waals surface area contributed by atoms with E-state index in [0.29, 0.717) is 0 Å². The van der Waals surface area contributed by atoms with Crippen LogP contribution in [0.2, 0.25) is 0 Å². The van der Waals surface area contributed by atoms with E-state index in [1.54, 1.807) is 12.4 Å². The number of fused-ring (bicyclic) bond motifs is 9. The third-order valence-electron chi connectivity index (χ3n) is 10.3.